The highest BCUT2D eigenvalue weighted by Gasteiger charge is 2.16. The third-order valence-corrected chi connectivity index (χ3v) is 6.71. The van der Waals surface area contributed by atoms with Crippen molar-refractivity contribution >= 4 is 22.7 Å². The van der Waals surface area contributed by atoms with E-state index in [0.717, 1.165) is 43.1 Å². The minimum absolute atomic E-state index is 0.267. The van der Waals surface area contributed by atoms with Gasteiger partial charge in [0.2, 0.25) is 0 Å². The predicted molar refractivity (Wildman–Crippen MR) is 130 cm³/mol. The Kier molecular flexibility index (Phi) is 7.00. The number of aromatic hydroxyl groups is 1. The molecule has 0 unspecified atom stereocenters. The molecule has 1 heterocycles. The van der Waals surface area contributed by atoms with Crippen LogP contribution in [-0.4, -0.2) is 21.4 Å². The topological polar surface area (TPSA) is 45.4 Å². The van der Waals surface area contributed by atoms with E-state index in [4.69, 9.17) is 5.11 Å². The Morgan fingerprint density at radius 1 is 0.806 bits per heavy atom. The van der Waals surface area contributed by atoms with Crippen LogP contribution in [0.1, 0.15) is 31.2 Å². The molecule has 0 atom stereocenters. The Balaban J connectivity index is 1.65. The SMILES string of the molecule is Cc1c(-c2ccc(Sc3ccccc3)cc2)n(CCCCCCO)c2ccc(O)cc12. The van der Waals surface area contributed by atoms with Gasteiger partial charge in [-0.3, -0.25) is 0 Å². The fourth-order valence-corrected chi connectivity index (χ4v) is 4.99. The number of hydrogen-bond acceptors (Lipinski definition) is 3. The van der Waals surface area contributed by atoms with Crippen LogP contribution in [0, 0.1) is 6.92 Å². The summed E-state index contributed by atoms with van der Waals surface area (Å²) in [4.78, 5) is 2.45. The first-order chi connectivity index (χ1) is 15.2. The van der Waals surface area contributed by atoms with E-state index in [1.165, 1.54) is 26.6 Å². The fourth-order valence-electron chi connectivity index (χ4n) is 4.16. The highest BCUT2D eigenvalue weighted by molar-refractivity contribution is 7.99. The van der Waals surface area contributed by atoms with Gasteiger partial charge in [-0.05, 0) is 73.4 Å². The van der Waals surface area contributed by atoms with Gasteiger partial charge < -0.3 is 14.8 Å². The van der Waals surface area contributed by atoms with Crippen LogP contribution in [0.2, 0.25) is 0 Å². The molecular weight excluding hydrogens is 402 g/mol. The normalized spacial score (nSPS) is 11.3. The third kappa shape index (κ3) is 4.97. The summed E-state index contributed by atoms with van der Waals surface area (Å²) in [6, 6.07) is 24.9. The van der Waals surface area contributed by atoms with E-state index in [1.54, 1.807) is 17.8 Å². The Morgan fingerprint density at radius 2 is 1.52 bits per heavy atom. The summed E-state index contributed by atoms with van der Waals surface area (Å²) in [5.74, 6) is 0.303. The molecule has 0 saturated carbocycles. The summed E-state index contributed by atoms with van der Waals surface area (Å²) in [5, 5.41) is 20.2. The van der Waals surface area contributed by atoms with Gasteiger partial charge in [-0.15, -0.1) is 0 Å². The molecule has 0 aliphatic rings. The lowest BCUT2D eigenvalue weighted by Crippen LogP contribution is -2.01. The van der Waals surface area contributed by atoms with Gasteiger partial charge in [0.25, 0.3) is 0 Å². The highest BCUT2D eigenvalue weighted by Crippen LogP contribution is 2.37. The van der Waals surface area contributed by atoms with Crippen LogP contribution in [0.4, 0.5) is 0 Å². The molecule has 2 N–H and O–H groups in total. The van der Waals surface area contributed by atoms with Crippen LogP contribution < -0.4 is 0 Å². The van der Waals surface area contributed by atoms with E-state index in [1.807, 2.05) is 18.2 Å². The zero-order chi connectivity index (χ0) is 21.6. The number of aliphatic hydroxyl groups excluding tert-OH is 1. The number of nitrogens with zero attached hydrogens (tertiary/aromatic N) is 1. The predicted octanol–water partition coefficient (Wildman–Crippen LogP) is 7.03. The van der Waals surface area contributed by atoms with E-state index in [2.05, 4.69) is 60.0 Å². The average Bonchev–Trinajstić information content (AvgIpc) is 3.06. The minimum Gasteiger partial charge on any atom is -0.508 e. The van der Waals surface area contributed by atoms with Crippen molar-refractivity contribution in [2.45, 2.75) is 48.9 Å². The molecule has 0 aliphatic heterocycles. The number of aryl methyl sites for hydroxylation is 2. The van der Waals surface area contributed by atoms with Gasteiger partial charge in [-0.1, -0.05) is 54.9 Å². The Bertz CT molecular complexity index is 1130. The highest BCUT2D eigenvalue weighted by atomic mass is 32.2. The lowest BCUT2D eigenvalue weighted by atomic mass is 10.1. The molecule has 160 valence electrons. The van der Waals surface area contributed by atoms with Gasteiger partial charge in [0.15, 0.2) is 0 Å². The molecular formula is C27H29NO2S. The molecule has 4 heteroatoms. The second-order valence-electron chi connectivity index (χ2n) is 7.90. The van der Waals surface area contributed by atoms with Gasteiger partial charge in [0, 0.05) is 33.8 Å². The Hall–Kier alpha value is -2.69. The number of unbranched alkanes of at least 4 members (excludes halogenated alkanes) is 3. The quantitative estimate of drug-likeness (QED) is 0.280. The second-order valence-corrected chi connectivity index (χ2v) is 9.05. The van der Waals surface area contributed by atoms with Crippen LogP contribution in [0.3, 0.4) is 0 Å². The summed E-state index contributed by atoms with van der Waals surface area (Å²) in [7, 11) is 0. The van der Waals surface area contributed by atoms with Crippen LogP contribution in [0.15, 0.2) is 82.6 Å². The summed E-state index contributed by atoms with van der Waals surface area (Å²) in [5.41, 5.74) is 4.78. The molecule has 1 aromatic heterocycles. The summed E-state index contributed by atoms with van der Waals surface area (Å²) in [6.45, 7) is 3.34. The molecule has 31 heavy (non-hydrogen) atoms. The van der Waals surface area contributed by atoms with Crippen molar-refractivity contribution in [2.75, 3.05) is 6.61 Å². The lowest BCUT2D eigenvalue weighted by Gasteiger charge is -2.13. The molecule has 0 spiro atoms. The zero-order valence-electron chi connectivity index (χ0n) is 17.9. The number of phenolic OH excluding ortho intramolecular Hbond substituents is 1. The van der Waals surface area contributed by atoms with Crippen molar-refractivity contribution in [3.05, 3.63) is 78.4 Å². The Morgan fingerprint density at radius 3 is 2.26 bits per heavy atom. The summed E-state index contributed by atoms with van der Waals surface area (Å²) < 4.78 is 2.39. The maximum absolute atomic E-state index is 10.0. The van der Waals surface area contributed by atoms with Crippen molar-refractivity contribution in [1.82, 2.24) is 4.57 Å². The first kappa shape index (κ1) is 21.5. The molecule has 0 bridgehead atoms. The van der Waals surface area contributed by atoms with E-state index in [0.29, 0.717) is 5.75 Å². The monoisotopic (exact) mass is 431 g/mol. The van der Waals surface area contributed by atoms with Gasteiger partial charge in [-0.2, -0.15) is 0 Å². The lowest BCUT2D eigenvalue weighted by molar-refractivity contribution is 0.282. The molecule has 0 aliphatic carbocycles. The van der Waals surface area contributed by atoms with Crippen LogP contribution in [0.25, 0.3) is 22.2 Å². The van der Waals surface area contributed by atoms with E-state index < -0.39 is 0 Å². The number of aliphatic hydroxyl groups is 1. The average molecular weight is 432 g/mol. The minimum atomic E-state index is 0.267. The maximum atomic E-state index is 10.0. The Labute approximate surface area is 188 Å². The van der Waals surface area contributed by atoms with E-state index in [9.17, 15) is 5.11 Å². The van der Waals surface area contributed by atoms with Crippen molar-refractivity contribution < 1.29 is 10.2 Å². The van der Waals surface area contributed by atoms with Crippen LogP contribution in [-0.2, 0) is 6.54 Å². The summed E-state index contributed by atoms with van der Waals surface area (Å²) in [6.07, 6.45) is 4.09. The smallest absolute Gasteiger partial charge is 0.116 e. The van der Waals surface area contributed by atoms with Crippen LogP contribution in [0.5, 0.6) is 5.75 Å². The molecule has 4 aromatic rings. The fraction of sp³-hybridized carbons (Fsp3) is 0.259. The van der Waals surface area contributed by atoms with Crippen molar-refractivity contribution in [1.29, 1.82) is 0 Å². The summed E-state index contributed by atoms with van der Waals surface area (Å²) >= 11 is 1.77. The first-order valence-electron chi connectivity index (χ1n) is 10.9. The van der Waals surface area contributed by atoms with E-state index >= 15 is 0 Å². The zero-order valence-corrected chi connectivity index (χ0v) is 18.7. The van der Waals surface area contributed by atoms with E-state index in [-0.39, 0.29) is 6.61 Å². The first-order valence-corrected chi connectivity index (χ1v) is 11.7. The molecule has 0 radical (unpaired) electrons. The third-order valence-electron chi connectivity index (χ3n) is 5.70. The van der Waals surface area contributed by atoms with Crippen LogP contribution >= 0.6 is 11.8 Å². The number of hydrogen-bond donors (Lipinski definition) is 2. The van der Waals surface area contributed by atoms with Gasteiger partial charge in [0.1, 0.15) is 5.75 Å². The number of phenols is 1. The molecule has 3 aromatic carbocycles. The van der Waals surface area contributed by atoms with Gasteiger partial charge in [0.05, 0.1) is 5.69 Å². The second kappa shape index (κ2) is 10.1. The molecule has 0 fully saturated rings. The van der Waals surface area contributed by atoms with Gasteiger partial charge in [-0.25, -0.2) is 0 Å². The number of benzene rings is 3. The largest absolute Gasteiger partial charge is 0.508 e. The number of fused-ring (bicyclic) bond motifs is 1. The maximum Gasteiger partial charge on any atom is 0.116 e. The molecule has 3 nitrogen and oxygen atoms in total. The number of aromatic nitrogens is 1. The molecule has 0 saturated heterocycles. The van der Waals surface area contributed by atoms with Crippen molar-refractivity contribution in [2.24, 2.45) is 0 Å². The molecule has 0 amide bonds. The van der Waals surface area contributed by atoms with Crippen molar-refractivity contribution in [3.63, 3.8) is 0 Å². The van der Waals surface area contributed by atoms with Gasteiger partial charge >= 0.3 is 0 Å². The molecule has 4 rings (SSSR count). The van der Waals surface area contributed by atoms with Crippen molar-refractivity contribution in [3.8, 4) is 17.0 Å². The number of rotatable bonds is 9. The standard InChI is InChI=1S/C27H29NO2S/c1-20-25-19-22(30)13-16-26(25)28(17-7-2-3-8-18-29)27(20)21-11-14-24(15-12-21)31-23-9-5-4-6-10-23/h4-6,9-16,19,29-30H,2-3,7-8,17-18H2,1H3.